The lowest BCUT2D eigenvalue weighted by Crippen LogP contribution is -2.07. The van der Waals surface area contributed by atoms with Crippen LogP contribution in [0.15, 0.2) is 17.0 Å². The topological polar surface area (TPSA) is 50.1 Å². The summed E-state index contributed by atoms with van der Waals surface area (Å²) in [5, 5.41) is 8.85. The Hall–Kier alpha value is -1.18. The van der Waals surface area contributed by atoms with Gasteiger partial charge in [0, 0.05) is 10.8 Å². The fourth-order valence-corrected chi connectivity index (χ4v) is 1.99. The third-order valence-electron chi connectivity index (χ3n) is 2.03. The largest absolute Gasteiger partial charge is 0.462 e. The number of halogens is 1. The molecule has 5 heteroatoms. The van der Waals surface area contributed by atoms with E-state index in [0.717, 1.165) is 0 Å². The molecule has 16 heavy (non-hydrogen) atoms. The highest BCUT2D eigenvalue weighted by Gasteiger charge is 2.15. The zero-order chi connectivity index (χ0) is 12.1. The van der Waals surface area contributed by atoms with E-state index < -0.39 is 5.97 Å². The molecule has 0 aromatic heterocycles. The van der Waals surface area contributed by atoms with Gasteiger partial charge in [-0.2, -0.15) is 5.26 Å². The van der Waals surface area contributed by atoms with Gasteiger partial charge in [0.05, 0.1) is 23.8 Å². The van der Waals surface area contributed by atoms with Crippen molar-refractivity contribution in [3.63, 3.8) is 0 Å². The lowest BCUT2D eigenvalue weighted by molar-refractivity contribution is 0.0522. The second kappa shape index (κ2) is 5.78. The average molecular weight is 256 g/mol. The summed E-state index contributed by atoms with van der Waals surface area (Å²) in [6.45, 7) is 2.02. The maximum Gasteiger partial charge on any atom is 0.339 e. The maximum atomic E-state index is 11.5. The van der Waals surface area contributed by atoms with Gasteiger partial charge in [0.25, 0.3) is 0 Å². The zero-order valence-corrected chi connectivity index (χ0v) is 10.3. The minimum Gasteiger partial charge on any atom is -0.462 e. The molecule has 0 spiro atoms. The first-order valence-corrected chi connectivity index (χ1v) is 5.61. The van der Waals surface area contributed by atoms with Crippen LogP contribution in [0.2, 0.25) is 0 Å². The predicted octanol–water partition coefficient (Wildman–Crippen LogP) is 2.76. The van der Waals surface area contributed by atoms with Crippen molar-refractivity contribution in [2.75, 3.05) is 6.61 Å². The van der Waals surface area contributed by atoms with E-state index in [0.29, 0.717) is 28.2 Å². The third-order valence-corrected chi connectivity index (χ3v) is 2.81. The fraction of sp³-hybridized carbons (Fsp3) is 0.273. The van der Waals surface area contributed by atoms with Crippen molar-refractivity contribution in [3.8, 4) is 6.07 Å². The average Bonchev–Trinajstić information content (AvgIpc) is 2.28. The van der Waals surface area contributed by atoms with E-state index in [-0.39, 0.29) is 5.88 Å². The van der Waals surface area contributed by atoms with Gasteiger partial charge in [0.15, 0.2) is 0 Å². The van der Waals surface area contributed by atoms with Gasteiger partial charge in [-0.15, -0.1) is 24.2 Å². The smallest absolute Gasteiger partial charge is 0.339 e. The molecule has 1 aromatic carbocycles. The van der Waals surface area contributed by atoms with Gasteiger partial charge >= 0.3 is 5.97 Å². The molecule has 3 nitrogen and oxygen atoms in total. The fourth-order valence-electron chi connectivity index (χ4n) is 1.25. The summed E-state index contributed by atoms with van der Waals surface area (Å²) in [6, 6.07) is 5.07. The van der Waals surface area contributed by atoms with Crippen molar-refractivity contribution >= 4 is 30.2 Å². The lowest BCUT2D eigenvalue weighted by atomic mass is 10.1. The highest BCUT2D eigenvalue weighted by atomic mass is 35.5. The van der Waals surface area contributed by atoms with E-state index in [1.54, 1.807) is 13.0 Å². The summed E-state index contributed by atoms with van der Waals surface area (Å²) < 4.78 is 4.87. The van der Waals surface area contributed by atoms with Crippen molar-refractivity contribution < 1.29 is 9.53 Å². The summed E-state index contributed by atoms with van der Waals surface area (Å²) >= 11 is 9.93. The summed E-state index contributed by atoms with van der Waals surface area (Å²) in [6.07, 6.45) is 0. The molecule has 0 aliphatic heterocycles. The molecule has 84 valence electrons. The number of alkyl halides is 1. The molecule has 0 saturated heterocycles. The molecule has 0 N–H and O–H groups in total. The van der Waals surface area contributed by atoms with Crippen LogP contribution in [-0.4, -0.2) is 12.6 Å². The number of esters is 1. The van der Waals surface area contributed by atoms with Gasteiger partial charge in [0.1, 0.15) is 0 Å². The Bertz CT molecular complexity index is 454. The lowest BCUT2D eigenvalue weighted by Gasteiger charge is -2.09. The van der Waals surface area contributed by atoms with E-state index in [9.17, 15) is 4.79 Å². The Balaban J connectivity index is 3.25. The molecule has 0 saturated carbocycles. The molecular weight excluding hydrogens is 246 g/mol. The normalized spacial score (nSPS) is 9.62. The van der Waals surface area contributed by atoms with Gasteiger partial charge in [-0.1, -0.05) is 0 Å². The van der Waals surface area contributed by atoms with Crippen molar-refractivity contribution in [3.05, 3.63) is 28.8 Å². The summed E-state index contributed by atoms with van der Waals surface area (Å²) in [5.41, 5.74) is 1.31. The number of carbonyl (C=O) groups excluding carboxylic acids is 1. The molecule has 0 atom stereocenters. The van der Waals surface area contributed by atoms with Crippen molar-refractivity contribution in [1.82, 2.24) is 0 Å². The second-order valence-electron chi connectivity index (χ2n) is 2.95. The number of nitrogens with zero attached hydrogens (tertiary/aromatic N) is 1. The third kappa shape index (κ3) is 2.49. The Morgan fingerprint density at radius 2 is 2.31 bits per heavy atom. The number of ether oxygens (including phenoxy) is 1. The molecule has 0 bridgehead atoms. The number of rotatable bonds is 3. The maximum absolute atomic E-state index is 11.5. The van der Waals surface area contributed by atoms with Crippen LogP contribution in [0.3, 0.4) is 0 Å². The van der Waals surface area contributed by atoms with E-state index in [2.05, 4.69) is 12.6 Å². The van der Waals surface area contributed by atoms with Crippen LogP contribution in [0.1, 0.15) is 28.4 Å². The molecule has 1 rings (SSSR count). The minimum atomic E-state index is -0.455. The standard InChI is InChI=1S/C11H10ClNO2S/c1-2-15-11(14)8-4-3-7(6-13)9(5-12)10(8)16/h3-4,16H,2,5H2,1H3. The Labute approximate surface area is 104 Å². The Morgan fingerprint density at radius 1 is 1.62 bits per heavy atom. The van der Waals surface area contributed by atoms with Crippen molar-refractivity contribution in [2.45, 2.75) is 17.7 Å². The first-order chi connectivity index (χ1) is 7.65. The zero-order valence-electron chi connectivity index (χ0n) is 8.66. The summed E-state index contributed by atoms with van der Waals surface area (Å²) in [4.78, 5) is 11.9. The number of hydrogen-bond acceptors (Lipinski definition) is 4. The molecule has 0 amide bonds. The van der Waals surface area contributed by atoms with Crippen molar-refractivity contribution in [2.24, 2.45) is 0 Å². The molecule has 0 unspecified atom stereocenters. The molecule has 0 heterocycles. The highest BCUT2D eigenvalue weighted by Crippen LogP contribution is 2.25. The van der Waals surface area contributed by atoms with Crippen molar-refractivity contribution in [1.29, 1.82) is 5.26 Å². The first kappa shape index (κ1) is 12.9. The van der Waals surface area contributed by atoms with E-state index in [1.165, 1.54) is 6.07 Å². The van der Waals surface area contributed by atoms with Crippen LogP contribution < -0.4 is 0 Å². The van der Waals surface area contributed by atoms with Crippen LogP contribution >= 0.6 is 24.2 Å². The molecule has 0 radical (unpaired) electrons. The number of carbonyl (C=O) groups is 1. The van der Waals surface area contributed by atoms with E-state index in [4.69, 9.17) is 21.6 Å². The molecular formula is C11H10ClNO2S. The molecule has 0 aliphatic carbocycles. The summed E-state index contributed by atoms with van der Waals surface area (Å²) in [7, 11) is 0. The predicted molar refractivity (Wildman–Crippen MR) is 63.9 cm³/mol. The minimum absolute atomic E-state index is 0.134. The van der Waals surface area contributed by atoms with Gasteiger partial charge in [-0.3, -0.25) is 0 Å². The summed E-state index contributed by atoms with van der Waals surface area (Å²) in [5.74, 6) is -0.321. The molecule has 0 aliphatic rings. The molecule has 0 fully saturated rings. The Kier molecular flexibility index (Phi) is 4.66. The number of benzene rings is 1. The highest BCUT2D eigenvalue weighted by molar-refractivity contribution is 7.80. The van der Waals surface area contributed by atoms with Crippen LogP contribution in [0.4, 0.5) is 0 Å². The van der Waals surface area contributed by atoms with E-state index >= 15 is 0 Å². The van der Waals surface area contributed by atoms with Gasteiger partial charge < -0.3 is 4.74 Å². The SMILES string of the molecule is CCOC(=O)c1ccc(C#N)c(CCl)c1S. The van der Waals surface area contributed by atoms with Crippen LogP contribution in [-0.2, 0) is 10.6 Å². The van der Waals surface area contributed by atoms with Gasteiger partial charge in [0.2, 0.25) is 0 Å². The van der Waals surface area contributed by atoms with Gasteiger partial charge in [-0.25, -0.2) is 4.79 Å². The monoisotopic (exact) mass is 255 g/mol. The number of nitriles is 1. The van der Waals surface area contributed by atoms with E-state index in [1.807, 2.05) is 6.07 Å². The Morgan fingerprint density at radius 3 is 2.81 bits per heavy atom. The first-order valence-electron chi connectivity index (χ1n) is 4.63. The number of hydrogen-bond donors (Lipinski definition) is 1. The van der Waals surface area contributed by atoms with Gasteiger partial charge in [-0.05, 0) is 24.6 Å². The second-order valence-corrected chi connectivity index (χ2v) is 3.67. The molecule has 1 aromatic rings. The van der Waals surface area contributed by atoms with Crippen LogP contribution in [0.25, 0.3) is 0 Å². The quantitative estimate of drug-likeness (QED) is 0.513. The van der Waals surface area contributed by atoms with Crippen LogP contribution in [0, 0.1) is 11.3 Å². The number of thiol groups is 1. The van der Waals surface area contributed by atoms with Crippen LogP contribution in [0.5, 0.6) is 0 Å².